The molecule has 2 heterocycles. The van der Waals surface area contributed by atoms with Crippen LogP contribution < -0.4 is 0 Å². The highest BCUT2D eigenvalue weighted by Gasteiger charge is 2.37. The molecule has 1 saturated carbocycles. The molecule has 1 aliphatic carbocycles. The van der Waals surface area contributed by atoms with Crippen molar-refractivity contribution in [2.45, 2.75) is 51.0 Å². The molecule has 0 aromatic heterocycles. The highest BCUT2D eigenvalue weighted by Crippen LogP contribution is 2.25. The van der Waals surface area contributed by atoms with Crippen molar-refractivity contribution >= 4 is 11.8 Å². The summed E-state index contributed by atoms with van der Waals surface area (Å²) in [6.07, 6.45) is 7.97. The van der Waals surface area contributed by atoms with Crippen molar-refractivity contribution in [3.05, 3.63) is 35.9 Å². The summed E-state index contributed by atoms with van der Waals surface area (Å²) in [4.78, 5) is 31.9. The maximum atomic E-state index is 13.0. The van der Waals surface area contributed by atoms with Gasteiger partial charge in [0.05, 0.1) is 5.92 Å². The van der Waals surface area contributed by atoms with E-state index >= 15 is 0 Å². The minimum atomic E-state index is -0.149. The van der Waals surface area contributed by atoms with Crippen molar-refractivity contribution in [1.29, 1.82) is 0 Å². The zero-order valence-electron chi connectivity index (χ0n) is 16.9. The fraction of sp³-hybridized carbons (Fsp3) is 0.652. The largest absolute Gasteiger partial charge is 0.342 e. The molecule has 152 valence electrons. The number of amides is 2. The lowest BCUT2D eigenvalue weighted by Gasteiger charge is -2.41. The first-order valence-electron chi connectivity index (χ1n) is 11.1. The number of benzene rings is 1. The Morgan fingerprint density at radius 2 is 1.68 bits per heavy atom. The van der Waals surface area contributed by atoms with Crippen molar-refractivity contribution in [2.24, 2.45) is 5.92 Å². The van der Waals surface area contributed by atoms with Crippen LogP contribution in [-0.2, 0) is 16.0 Å². The molecule has 1 aromatic carbocycles. The molecule has 2 aliphatic heterocycles. The lowest BCUT2D eigenvalue weighted by atomic mass is 9.93. The van der Waals surface area contributed by atoms with Gasteiger partial charge in [-0.2, -0.15) is 0 Å². The monoisotopic (exact) mass is 383 g/mol. The van der Waals surface area contributed by atoms with E-state index in [-0.39, 0.29) is 17.7 Å². The summed E-state index contributed by atoms with van der Waals surface area (Å²) in [7, 11) is 0. The van der Waals surface area contributed by atoms with Crippen LogP contribution in [0.5, 0.6) is 0 Å². The first-order valence-corrected chi connectivity index (χ1v) is 11.1. The van der Waals surface area contributed by atoms with Crippen molar-refractivity contribution in [3.63, 3.8) is 0 Å². The number of likely N-dealkylation sites (tertiary alicyclic amines) is 1. The highest BCUT2D eigenvalue weighted by molar-refractivity contribution is 5.89. The molecule has 28 heavy (non-hydrogen) atoms. The summed E-state index contributed by atoms with van der Waals surface area (Å²) in [6.45, 7) is 4.94. The van der Waals surface area contributed by atoms with Gasteiger partial charge in [-0.15, -0.1) is 0 Å². The van der Waals surface area contributed by atoms with Crippen LogP contribution in [0.2, 0.25) is 0 Å². The maximum absolute atomic E-state index is 13.0. The summed E-state index contributed by atoms with van der Waals surface area (Å²) in [5, 5.41) is 0. The average molecular weight is 384 g/mol. The number of hydrogen-bond donors (Lipinski definition) is 0. The smallest absolute Gasteiger partial charge is 0.228 e. The van der Waals surface area contributed by atoms with Crippen LogP contribution in [0.25, 0.3) is 0 Å². The molecule has 2 saturated heterocycles. The summed E-state index contributed by atoms with van der Waals surface area (Å²) in [6, 6.07) is 11.0. The fourth-order valence-electron chi connectivity index (χ4n) is 5.07. The van der Waals surface area contributed by atoms with E-state index in [0.29, 0.717) is 19.5 Å². The Balaban J connectivity index is 1.24. The van der Waals surface area contributed by atoms with E-state index in [4.69, 9.17) is 0 Å². The van der Waals surface area contributed by atoms with Gasteiger partial charge in [-0.05, 0) is 24.8 Å². The summed E-state index contributed by atoms with van der Waals surface area (Å²) in [5.41, 5.74) is 1.24. The minimum Gasteiger partial charge on any atom is -0.342 e. The standard InChI is InChI=1S/C23H33N3O2/c27-22-17-20(18-26(22)12-11-19-7-3-1-4-8-19)23(28)25-15-13-24(14-16-25)21-9-5-2-6-10-21/h1,3-4,7-8,20-21H,2,5-6,9-18H2. The molecular weight excluding hydrogens is 350 g/mol. The van der Waals surface area contributed by atoms with Crippen LogP contribution in [0, 0.1) is 5.92 Å². The molecule has 4 rings (SSSR count). The van der Waals surface area contributed by atoms with Gasteiger partial charge in [-0.25, -0.2) is 0 Å². The van der Waals surface area contributed by atoms with Crippen LogP contribution in [0.15, 0.2) is 30.3 Å². The quantitative estimate of drug-likeness (QED) is 0.785. The third-order valence-corrected chi connectivity index (χ3v) is 6.79. The van der Waals surface area contributed by atoms with E-state index < -0.39 is 0 Å². The Morgan fingerprint density at radius 1 is 0.964 bits per heavy atom. The molecule has 1 atom stereocenters. The molecule has 5 heteroatoms. The second-order valence-electron chi connectivity index (χ2n) is 8.63. The van der Waals surface area contributed by atoms with Gasteiger partial charge in [0.2, 0.25) is 11.8 Å². The van der Waals surface area contributed by atoms with E-state index in [1.165, 1.54) is 37.7 Å². The lowest BCUT2D eigenvalue weighted by Crippen LogP contribution is -2.53. The van der Waals surface area contributed by atoms with Gasteiger partial charge in [-0.1, -0.05) is 49.6 Å². The molecule has 3 aliphatic rings. The Kier molecular flexibility index (Phi) is 6.30. The predicted molar refractivity (Wildman–Crippen MR) is 110 cm³/mol. The van der Waals surface area contributed by atoms with Gasteiger partial charge in [0, 0.05) is 51.7 Å². The van der Waals surface area contributed by atoms with Crippen molar-refractivity contribution in [2.75, 3.05) is 39.3 Å². The van der Waals surface area contributed by atoms with Gasteiger partial charge < -0.3 is 9.80 Å². The van der Waals surface area contributed by atoms with E-state index in [1.807, 2.05) is 28.0 Å². The van der Waals surface area contributed by atoms with Crippen LogP contribution in [0.4, 0.5) is 0 Å². The van der Waals surface area contributed by atoms with Crippen LogP contribution in [0.1, 0.15) is 44.1 Å². The molecule has 0 N–H and O–H groups in total. The number of hydrogen-bond acceptors (Lipinski definition) is 3. The predicted octanol–water partition coefficient (Wildman–Crippen LogP) is 2.55. The fourth-order valence-corrected chi connectivity index (χ4v) is 5.07. The third-order valence-electron chi connectivity index (χ3n) is 6.79. The maximum Gasteiger partial charge on any atom is 0.228 e. The zero-order valence-corrected chi connectivity index (χ0v) is 16.9. The van der Waals surface area contributed by atoms with Gasteiger partial charge in [0.1, 0.15) is 0 Å². The van der Waals surface area contributed by atoms with Crippen LogP contribution in [0.3, 0.4) is 0 Å². The Bertz CT molecular complexity index is 664. The molecule has 0 spiro atoms. The van der Waals surface area contributed by atoms with Gasteiger partial charge in [0.25, 0.3) is 0 Å². The number of carbonyl (C=O) groups is 2. The first-order chi connectivity index (χ1) is 13.7. The molecule has 3 fully saturated rings. The Morgan fingerprint density at radius 3 is 2.39 bits per heavy atom. The SMILES string of the molecule is O=C1CC(C(=O)N2CCN(C3CCCCC3)CC2)CN1CCc1ccccc1. The minimum absolute atomic E-state index is 0.134. The molecule has 0 bridgehead atoms. The summed E-state index contributed by atoms with van der Waals surface area (Å²) >= 11 is 0. The molecule has 1 unspecified atom stereocenters. The molecule has 0 radical (unpaired) electrons. The Hall–Kier alpha value is -1.88. The van der Waals surface area contributed by atoms with Gasteiger partial charge in [0.15, 0.2) is 0 Å². The number of rotatable bonds is 5. The number of nitrogens with zero attached hydrogens (tertiary/aromatic N) is 3. The van der Waals surface area contributed by atoms with E-state index in [9.17, 15) is 9.59 Å². The summed E-state index contributed by atoms with van der Waals surface area (Å²) in [5.74, 6) is 0.179. The third kappa shape index (κ3) is 4.57. The van der Waals surface area contributed by atoms with Crippen LogP contribution >= 0.6 is 0 Å². The van der Waals surface area contributed by atoms with Crippen molar-refractivity contribution < 1.29 is 9.59 Å². The molecular formula is C23H33N3O2. The lowest BCUT2D eigenvalue weighted by molar-refractivity contribution is -0.137. The topological polar surface area (TPSA) is 43.9 Å². The Labute approximate surface area is 168 Å². The summed E-state index contributed by atoms with van der Waals surface area (Å²) < 4.78 is 0. The van der Waals surface area contributed by atoms with E-state index in [0.717, 1.165) is 38.6 Å². The number of piperazine rings is 1. The molecule has 2 amide bonds. The normalized spacial score (nSPS) is 24.7. The number of carbonyl (C=O) groups excluding carboxylic acids is 2. The second-order valence-corrected chi connectivity index (χ2v) is 8.63. The average Bonchev–Trinajstić information content (AvgIpc) is 3.14. The van der Waals surface area contributed by atoms with Gasteiger partial charge in [-0.3, -0.25) is 14.5 Å². The van der Waals surface area contributed by atoms with Gasteiger partial charge >= 0.3 is 0 Å². The van der Waals surface area contributed by atoms with E-state index in [2.05, 4.69) is 17.0 Å². The molecule has 1 aromatic rings. The second kappa shape index (κ2) is 9.08. The highest BCUT2D eigenvalue weighted by atomic mass is 16.2. The molecule has 5 nitrogen and oxygen atoms in total. The van der Waals surface area contributed by atoms with Crippen molar-refractivity contribution in [3.8, 4) is 0 Å². The zero-order chi connectivity index (χ0) is 19.3. The van der Waals surface area contributed by atoms with Crippen molar-refractivity contribution in [1.82, 2.24) is 14.7 Å². The van der Waals surface area contributed by atoms with Crippen LogP contribution in [-0.4, -0.2) is 71.8 Å². The first kappa shape index (κ1) is 19.4. The van der Waals surface area contributed by atoms with E-state index in [1.54, 1.807) is 0 Å².